The molecule has 4 amide bonds. The van der Waals surface area contributed by atoms with E-state index in [1.165, 1.54) is 23.8 Å². The van der Waals surface area contributed by atoms with Gasteiger partial charge in [0.15, 0.2) is 0 Å². The number of rotatable bonds is 11. The monoisotopic (exact) mass is 869 g/mol. The predicted octanol–water partition coefficient (Wildman–Crippen LogP) is 7.91. The number of carbonyl (C=O) groups is 4. The zero-order chi connectivity index (χ0) is 43.7. The van der Waals surface area contributed by atoms with Crippen molar-refractivity contribution in [3.05, 3.63) is 88.2 Å². The van der Waals surface area contributed by atoms with E-state index in [1.807, 2.05) is 18.2 Å². The second kappa shape index (κ2) is 15.9. The van der Waals surface area contributed by atoms with Crippen LogP contribution in [-0.2, 0) is 21.4 Å². The molecule has 62 heavy (non-hydrogen) atoms. The molecule has 0 radical (unpaired) electrons. The van der Waals surface area contributed by atoms with Gasteiger partial charge in [-0.15, -0.1) is 11.3 Å². The van der Waals surface area contributed by atoms with Gasteiger partial charge >= 0.3 is 6.18 Å². The number of anilines is 2. The number of carbonyl (C=O) groups excluding carboxylic acids is 4. The largest absolute Gasteiger partial charge is 0.433 e. The summed E-state index contributed by atoms with van der Waals surface area (Å²) in [7, 11) is 0. The number of alkyl halides is 3. The molecule has 1 unspecified atom stereocenters. The topological polar surface area (TPSA) is 157 Å². The van der Waals surface area contributed by atoms with Crippen LogP contribution in [0.1, 0.15) is 120 Å². The number of thiazole rings is 1. The lowest BCUT2D eigenvalue weighted by Gasteiger charge is -2.60. The number of pyridine rings is 1. The van der Waals surface area contributed by atoms with Gasteiger partial charge in [-0.1, -0.05) is 24.8 Å². The summed E-state index contributed by atoms with van der Waals surface area (Å²) in [5, 5.41) is 20.6. The van der Waals surface area contributed by atoms with Gasteiger partial charge in [0.1, 0.15) is 17.4 Å². The van der Waals surface area contributed by atoms with E-state index in [0.717, 1.165) is 85.8 Å². The van der Waals surface area contributed by atoms with Crippen LogP contribution in [0, 0.1) is 17.3 Å². The Morgan fingerprint density at radius 3 is 2.44 bits per heavy atom. The average Bonchev–Trinajstić information content (AvgIpc) is 3.73. The molecular weight excluding hydrogens is 820 g/mol. The highest BCUT2D eigenvalue weighted by molar-refractivity contribution is 7.18. The maximum Gasteiger partial charge on any atom is 0.433 e. The SMILES string of the molecule is C=C1c2cccc(NCCC3CC4(C3)CN(C[C@H]3CC[C@@H](c5nc6cc(C(C)(C)O)c(NC(=O)c7cccc(C(F)(F)F)n7)cc6s5)CC3)C4)c2C(=O)N1C1CCC(=O)NC1=O. The first-order valence-electron chi connectivity index (χ1n) is 21.4. The van der Waals surface area contributed by atoms with Crippen molar-refractivity contribution in [3.63, 3.8) is 0 Å². The highest BCUT2D eigenvalue weighted by Crippen LogP contribution is 2.54. The molecule has 16 heteroatoms. The number of halogens is 3. The molecule has 4 aromatic rings. The van der Waals surface area contributed by atoms with Crippen molar-refractivity contribution in [2.24, 2.45) is 17.3 Å². The Labute approximate surface area is 361 Å². The van der Waals surface area contributed by atoms with Gasteiger partial charge in [-0.05, 0) is 113 Å². The van der Waals surface area contributed by atoms with Crippen LogP contribution < -0.4 is 16.0 Å². The molecule has 2 saturated carbocycles. The third kappa shape index (κ3) is 8.12. The Morgan fingerprint density at radius 1 is 0.984 bits per heavy atom. The molecule has 3 aliphatic heterocycles. The summed E-state index contributed by atoms with van der Waals surface area (Å²) in [4.78, 5) is 63.5. The summed E-state index contributed by atoms with van der Waals surface area (Å²) in [5.74, 6) is -0.275. The minimum atomic E-state index is -4.69. The van der Waals surface area contributed by atoms with E-state index in [2.05, 4.69) is 32.4 Å². The number of likely N-dealkylation sites (tertiary alicyclic amines) is 1. The van der Waals surface area contributed by atoms with Crippen LogP contribution in [0.4, 0.5) is 24.5 Å². The van der Waals surface area contributed by atoms with Crippen LogP contribution in [-0.4, -0.2) is 80.7 Å². The minimum absolute atomic E-state index is 0.187. The molecule has 2 aromatic heterocycles. The van der Waals surface area contributed by atoms with E-state index in [9.17, 15) is 37.5 Å². The van der Waals surface area contributed by atoms with E-state index < -0.39 is 35.3 Å². The van der Waals surface area contributed by atoms with Gasteiger partial charge in [0.25, 0.3) is 11.8 Å². The van der Waals surface area contributed by atoms with Crippen molar-refractivity contribution >= 4 is 62.3 Å². The molecule has 0 bridgehead atoms. The van der Waals surface area contributed by atoms with Crippen LogP contribution in [0.15, 0.2) is 55.1 Å². The summed E-state index contributed by atoms with van der Waals surface area (Å²) < 4.78 is 40.6. The molecule has 5 heterocycles. The van der Waals surface area contributed by atoms with E-state index in [0.29, 0.717) is 56.8 Å². The molecule has 1 spiro atoms. The van der Waals surface area contributed by atoms with E-state index in [4.69, 9.17) is 4.98 Å². The summed E-state index contributed by atoms with van der Waals surface area (Å²) in [6.07, 6.45) is 3.50. The van der Waals surface area contributed by atoms with E-state index >= 15 is 0 Å². The van der Waals surface area contributed by atoms with Crippen molar-refractivity contribution in [1.82, 2.24) is 25.1 Å². The molecule has 5 aliphatic rings. The zero-order valence-corrected chi connectivity index (χ0v) is 35.6. The van der Waals surface area contributed by atoms with Gasteiger partial charge in [-0.3, -0.25) is 29.4 Å². The second-order valence-corrected chi connectivity index (χ2v) is 19.6. The summed E-state index contributed by atoms with van der Waals surface area (Å²) in [6, 6.07) is 11.6. The quantitative estimate of drug-likeness (QED) is 0.110. The van der Waals surface area contributed by atoms with Crippen molar-refractivity contribution in [2.75, 3.05) is 36.8 Å². The van der Waals surface area contributed by atoms with Crippen LogP contribution in [0.5, 0.6) is 0 Å². The molecule has 2 aliphatic carbocycles. The second-order valence-electron chi connectivity index (χ2n) is 18.5. The molecule has 4 N–H and O–H groups in total. The molecule has 9 rings (SSSR count). The smallest absolute Gasteiger partial charge is 0.386 e. The minimum Gasteiger partial charge on any atom is -0.386 e. The summed E-state index contributed by atoms with van der Waals surface area (Å²) in [6.45, 7) is 11.4. The van der Waals surface area contributed by atoms with Crippen LogP contribution in [0.25, 0.3) is 15.9 Å². The molecule has 1 atom stereocenters. The lowest BCUT2D eigenvalue weighted by molar-refractivity contribution is -0.141. The van der Waals surface area contributed by atoms with Crippen LogP contribution >= 0.6 is 11.3 Å². The first-order chi connectivity index (χ1) is 29.4. The maximum atomic E-state index is 13.6. The Bertz CT molecular complexity index is 2480. The third-order valence-electron chi connectivity index (χ3n) is 13.5. The number of piperidine rings is 1. The Kier molecular flexibility index (Phi) is 10.8. The van der Waals surface area contributed by atoms with Crippen LogP contribution in [0.2, 0.25) is 0 Å². The number of imide groups is 1. The average molecular weight is 870 g/mol. The third-order valence-corrected chi connectivity index (χ3v) is 14.7. The number of fused-ring (bicyclic) bond motifs is 2. The van der Waals surface area contributed by atoms with Gasteiger partial charge in [-0.25, -0.2) is 9.97 Å². The standard InChI is InChI=1S/C46H50F3N7O5S/c1-25-29-6-4-7-31(39(29)43(60)56(25)35-14-15-38(57)54-41(35)59)50-17-16-27-20-45(21-27)23-55(24-45)22-26-10-12-28(13-11-26)42-53-34-18-30(44(2,3)61)33(19-36(34)62-42)52-40(58)32-8-5-9-37(51-32)46(47,48)49/h4-9,18-19,26-28,35,50,61H,1,10-17,20-24H2,2-3H3,(H,52,58)(H,54,57,59)/t26-,28+,35?. The number of hydrogen-bond acceptors (Lipinski definition) is 10. The number of amides is 4. The van der Waals surface area contributed by atoms with Gasteiger partial charge < -0.3 is 20.6 Å². The molecular formula is C46H50F3N7O5S. The predicted molar refractivity (Wildman–Crippen MR) is 229 cm³/mol. The molecule has 2 aromatic carbocycles. The van der Waals surface area contributed by atoms with Gasteiger partial charge in [-0.2, -0.15) is 13.2 Å². The fourth-order valence-corrected chi connectivity index (χ4v) is 11.7. The molecule has 326 valence electrons. The number of nitrogens with one attached hydrogen (secondary N) is 3. The summed E-state index contributed by atoms with van der Waals surface area (Å²) >= 11 is 1.56. The first kappa shape index (κ1) is 42.1. The highest BCUT2D eigenvalue weighted by Gasteiger charge is 2.52. The number of aliphatic hydroxyl groups is 1. The van der Waals surface area contributed by atoms with E-state index in [1.54, 1.807) is 37.3 Å². The highest BCUT2D eigenvalue weighted by atomic mass is 32.1. The normalized spacial score (nSPS) is 23.0. The fourth-order valence-electron chi connectivity index (χ4n) is 10.5. The number of benzene rings is 2. The molecule has 4 fully saturated rings. The lowest BCUT2D eigenvalue weighted by atomic mass is 9.57. The zero-order valence-electron chi connectivity index (χ0n) is 34.7. The summed E-state index contributed by atoms with van der Waals surface area (Å²) in [5.41, 5.74) is 1.44. The van der Waals surface area contributed by atoms with Gasteiger partial charge in [0.2, 0.25) is 11.8 Å². The van der Waals surface area contributed by atoms with E-state index in [-0.39, 0.29) is 30.3 Å². The molecule has 12 nitrogen and oxygen atoms in total. The Hall–Kier alpha value is -5.19. The van der Waals surface area contributed by atoms with Crippen molar-refractivity contribution < 1.29 is 37.5 Å². The maximum absolute atomic E-state index is 13.6. The number of aromatic nitrogens is 2. The van der Waals surface area contributed by atoms with Crippen molar-refractivity contribution in [3.8, 4) is 0 Å². The number of nitrogens with zero attached hydrogens (tertiary/aromatic N) is 4. The van der Waals surface area contributed by atoms with Crippen molar-refractivity contribution in [2.45, 2.75) is 95.4 Å². The fraction of sp³-hybridized carbons (Fsp3) is 0.478. The lowest BCUT2D eigenvalue weighted by Crippen LogP contribution is -2.63. The van der Waals surface area contributed by atoms with Crippen molar-refractivity contribution in [1.29, 1.82) is 0 Å². The Balaban J connectivity index is 0.735. The first-order valence-corrected chi connectivity index (χ1v) is 22.2. The van der Waals surface area contributed by atoms with Gasteiger partial charge in [0.05, 0.1) is 26.4 Å². The van der Waals surface area contributed by atoms with Crippen LogP contribution in [0.3, 0.4) is 0 Å². The number of hydrogen-bond donors (Lipinski definition) is 4. The molecule has 2 saturated heterocycles. The Morgan fingerprint density at radius 2 is 1.73 bits per heavy atom. The van der Waals surface area contributed by atoms with Gasteiger partial charge in [0, 0.05) is 66.7 Å².